The molecule has 21 heavy (non-hydrogen) atoms. The van der Waals surface area contributed by atoms with Crippen LogP contribution < -0.4 is 5.73 Å². The highest BCUT2D eigenvalue weighted by Gasteiger charge is 2.35. The minimum absolute atomic E-state index is 0.182. The van der Waals surface area contributed by atoms with Crippen LogP contribution in [0.5, 0.6) is 0 Å². The molecule has 1 amide bonds. The number of carbonyl (C=O) groups is 1. The van der Waals surface area contributed by atoms with E-state index in [2.05, 4.69) is 11.9 Å². The maximum absolute atomic E-state index is 12.9. The number of anilines is 1. The van der Waals surface area contributed by atoms with E-state index >= 15 is 0 Å². The van der Waals surface area contributed by atoms with Gasteiger partial charge in [-0.2, -0.15) is 0 Å². The van der Waals surface area contributed by atoms with Crippen LogP contribution in [0.1, 0.15) is 32.3 Å². The Morgan fingerprint density at radius 2 is 1.76 bits per heavy atom. The van der Waals surface area contributed by atoms with Gasteiger partial charge in [0.1, 0.15) is 0 Å². The average molecular weight is 289 g/mol. The highest BCUT2D eigenvalue weighted by molar-refractivity contribution is 5.87. The van der Waals surface area contributed by atoms with Crippen molar-refractivity contribution in [1.29, 1.82) is 0 Å². The quantitative estimate of drug-likeness (QED) is 0.867. The van der Waals surface area contributed by atoms with E-state index in [1.165, 1.54) is 0 Å². The van der Waals surface area contributed by atoms with Crippen LogP contribution in [0.4, 0.5) is 5.69 Å². The Morgan fingerprint density at radius 3 is 2.29 bits per heavy atom. The van der Waals surface area contributed by atoms with Crippen molar-refractivity contribution in [2.24, 2.45) is 0 Å². The van der Waals surface area contributed by atoms with Gasteiger partial charge in [0.2, 0.25) is 5.91 Å². The van der Waals surface area contributed by atoms with Crippen LogP contribution in [0.3, 0.4) is 0 Å². The second-order valence-corrected chi connectivity index (χ2v) is 6.70. The Kier molecular flexibility index (Phi) is 4.57. The molecular weight excluding hydrogens is 262 g/mol. The molecule has 116 valence electrons. The highest BCUT2D eigenvalue weighted by Crippen LogP contribution is 2.28. The van der Waals surface area contributed by atoms with E-state index in [-0.39, 0.29) is 5.91 Å². The summed E-state index contributed by atoms with van der Waals surface area (Å²) in [5.41, 5.74) is 6.96. The molecule has 0 radical (unpaired) electrons. The van der Waals surface area contributed by atoms with Crippen molar-refractivity contribution in [3.63, 3.8) is 0 Å². The fraction of sp³-hybridized carbons (Fsp3) is 0.588. The Balaban J connectivity index is 2.11. The predicted molar refractivity (Wildman–Crippen MR) is 87.2 cm³/mol. The summed E-state index contributed by atoms with van der Waals surface area (Å²) in [5.74, 6) is 0.182. The van der Waals surface area contributed by atoms with Crippen LogP contribution in [0, 0.1) is 0 Å². The van der Waals surface area contributed by atoms with E-state index < -0.39 is 5.41 Å². The van der Waals surface area contributed by atoms with Gasteiger partial charge in [0.15, 0.2) is 0 Å². The van der Waals surface area contributed by atoms with Crippen LogP contribution in [-0.4, -0.2) is 48.9 Å². The van der Waals surface area contributed by atoms with Gasteiger partial charge < -0.3 is 15.5 Å². The molecule has 1 aliphatic rings. The van der Waals surface area contributed by atoms with Crippen LogP contribution in [0.15, 0.2) is 24.3 Å². The molecule has 1 aromatic carbocycles. The van der Waals surface area contributed by atoms with Crippen molar-refractivity contribution in [2.45, 2.75) is 38.1 Å². The van der Waals surface area contributed by atoms with Crippen LogP contribution in [0.25, 0.3) is 0 Å². The predicted octanol–water partition coefficient (Wildman–Crippen LogP) is 2.10. The molecular formula is C17H27N3O. The molecule has 1 aliphatic heterocycles. The smallest absolute Gasteiger partial charge is 0.232 e. The minimum atomic E-state index is -0.522. The molecule has 0 aromatic heterocycles. The fourth-order valence-corrected chi connectivity index (χ4v) is 3.01. The molecule has 1 aromatic rings. The molecule has 0 unspecified atom stereocenters. The summed E-state index contributed by atoms with van der Waals surface area (Å²) in [6.07, 6.45) is 2.10. The van der Waals surface area contributed by atoms with Crippen LogP contribution in [0.2, 0.25) is 0 Å². The number of likely N-dealkylation sites (N-methyl/N-ethyl adjacent to an activating group) is 1. The number of hydrogen-bond donors (Lipinski definition) is 1. The third-order valence-electron chi connectivity index (χ3n) is 4.72. The van der Waals surface area contributed by atoms with Crippen molar-refractivity contribution in [2.75, 3.05) is 32.9 Å². The summed E-state index contributed by atoms with van der Waals surface area (Å²) in [6.45, 7) is 6.10. The molecule has 0 saturated carbocycles. The lowest BCUT2D eigenvalue weighted by Gasteiger charge is -2.39. The molecule has 0 spiro atoms. The van der Waals surface area contributed by atoms with Crippen LogP contribution in [-0.2, 0) is 10.2 Å². The van der Waals surface area contributed by atoms with Gasteiger partial charge in [0.05, 0.1) is 5.41 Å². The molecule has 4 nitrogen and oxygen atoms in total. The van der Waals surface area contributed by atoms with Crippen molar-refractivity contribution in [3.05, 3.63) is 29.8 Å². The van der Waals surface area contributed by atoms with Gasteiger partial charge in [-0.15, -0.1) is 0 Å². The summed E-state index contributed by atoms with van der Waals surface area (Å²) >= 11 is 0. The monoisotopic (exact) mass is 289 g/mol. The lowest BCUT2D eigenvalue weighted by molar-refractivity contribution is -0.137. The van der Waals surface area contributed by atoms with E-state index in [1.807, 2.05) is 50.1 Å². The van der Waals surface area contributed by atoms with Crippen molar-refractivity contribution in [3.8, 4) is 0 Å². The van der Waals surface area contributed by atoms with Gasteiger partial charge in [-0.1, -0.05) is 12.1 Å². The summed E-state index contributed by atoms with van der Waals surface area (Å²) in [4.78, 5) is 17.2. The SMILES string of the molecule is CN1CCC(N(C)C(=O)C(C)(C)c2ccc(N)cc2)CC1. The number of nitrogens with two attached hydrogens (primary N) is 1. The number of benzene rings is 1. The molecule has 2 rings (SSSR count). The fourth-order valence-electron chi connectivity index (χ4n) is 3.01. The number of piperidine rings is 1. The van der Waals surface area contributed by atoms with E-state index in [9.17, 15) is 4.79 Å². The second-order valence-electron chi connectivity index (χ2n) is 6.70. The number of amides is 1. The standard InChI is InChI=1S/C17H27N3O/c1-17(2,13-5-7-14(18)8-6-13)16(21)20(4)15-9-11-19(3)12-10-15/h5-8,15H,9-12,18H2,1-4H3. The first kappa shape index (κ1) is 15.8. The Bertz CT molecular complexity index is 487. The first-order chi connectivity index (χ1) is 9.82. The van der Waals surface area contributed by atoms with E-state index in [1.54, 1.807) is 0 Å². The van der Waals surface area contributed by atoms with Crippen molar-refractivity contribution < 1.29 is 4.79 Å². The molecule has 1 saturated heterocycles. The Labute approximate surface area is 127 Å². The number of likely N-dealkylation sites (tertiary alicyclic amines) is 1. The maximum atomic E-state index is 12.9. The molecule has 0 atom stereocenters. The zero-order valence-electron chi connectivity index (χ0n) is 13.6. The third kappa shape index (κ3) is 3.38. The second kappa shape index (κ2) is 6.06. The highest BCUT2D eigenvalue weighted by atomic mass is 16.2. The molecule has 2 N–H and O–H groups in total. The lowest BCUT2D eigenvalue weighted by atomic mass is 9.82. The van der Waals surface area contributed by atoms with E-state index in [4.69, 9.17) is 5.73 Å². The van der Waals surface area contributed by atoms with Gasteiger partial charge in [-0.25, -0.2) is 0 Å². The normalized spacial score (nSPS) is 17.7. The number of carbonyl (C=O) groups excluding carboxylic acids is 1. The third-order valence-corrected chi connectivity index (χ3v) is 4.72. The van der Waals surface area contributed by atoms with E-state index in [0.717, 1.165) is 37.2 Å². The van der Waals surface area contributed by atoms with Gasteiger partial charge in [0.25, 0.3) is 0 Å². The summed E-state index contributed by atoms with van der Waals surface area (Å²) in [5, 5.41) is 0. The Morgan fingerprint density at radius 1 is 1.24 bits per heavy atom. The zero-order chi connectivity index (χ0) is 15.6. The summed E-state index contributed by atoms with van der Waals surface area (Å²) < 4.78 is 0. The van der Waals surface area contributed by atoms with Gasteiger partial charge in [-0.3, -0.25) is 4.79 Å². The van der Waals surface area contributed by atoms with E-state index in [0.29, 0.717) is 6.04 Å². The van der Waals surface area contributed by atoms with Crippen LogP contribution >= 0.6 is 0 Å². The average Bonchev–Trinajstić information content (AvgIpc) is 2.47. The minimum Gasteiger partial charge on any atom is -0.399 e. The number of rotatable bonds is 3. The van der Waals surface area contributed by atoms with Crippen molar-refractivity contribution in [1.82, 2.24) is 9.80 Å². The topological polar surface area (TPSA) is 49.6 Å². The summed E-state index contributed by atoms with van der Waals surface area (Å²) in [7, 11) is 4.08. The first-order valence-corrected chi connectivity index (χ1v) is 7.64. The van der Waals surface area contributed by atoms with Gasteiger partial charge >= 0.3 is 0 Å². The largest absolute Gasteiger partial charge is 0.399 e. The molecule has 4 heteroatoms. The number of nitrogen functional groups attached to an aromatic ring is 1. The molecule has 0 aliphatic carbocycles. The zero-order valence-corrected chi connectivity index (χ0v) is 13.6. The Hall–Kier alpha value is -1.55. The number of hydrogen-bond acceptors (Lipinski definition) is 3. The lowest BCUT2D eigenvalue weighted by Crippen LogP contribution is -2.49. The van der Waals surface area contributed by atoms with Gasteiger partial charge in [0, 0.05) is 18.8 Å². The van der Waals surface area contributed by atoms with Crippen molar-refractivity contribution >= 4 is 11.6 Å². The first-order valence-electron chi connectivity index (χ1n) is 7.64. The molecule has 0 bridgehead atoms. The molecule has 1 heterocycles. The van der Waals surface area contributed by atoms with Gasteiger partial charge in [-0.05, 0) is 64.5 Å². The summed E-state index contributed by atoms with van der Waals surface area (Å²) in [6, 6.07) is 7.98. The maximum Gasteiger partial charge on any atom is 0.232 e. The number of nitrogens with zero attached hydrogens (tertiary/aromatic N) is 2. The molecule has 1 fully saturated rings.